The van der Waals surface area contributed by atoms with E-state index in [1.165, 1.54) is 26.4 Å². The van der Waals surface area contributed by atoms with Crippen molar-refractivity contribution < 1.29 is 17.9 Å². The Morgan fingerprint density at radius 1 is 1.09 bits per heavy atom. The fraction of sp³-hybridized carbons (Fsp3) is 0.154. The summed E-state index contributed by atoms with van der Waals surface area (Å²) in [6.07, 6.45) is 1.12. The van der Waals surface area contributed by atoms with Crippen LogP contribution in [0.3, 0.4) is 0 Å². The van der Waals surface area contributed by atoms with Crippen LogP contribution in [-0.2, 0) is 10.0 Å². The van der Waals surface area contributed by atoms with E-state index in [2.05, 4.69) is 9.71 Å². The highest BCUT2D eigenvalue weighted by Crippen LogP contribution is 2.31. The summed E-state index contributed by atoms with van der Waals surface area (Å²) >= 11 is 11.5. The van der Waals surface area contributed by atoms with Crippen molar-refractivity contribution >= 4 is 38.9 Å². The quantitative estimate of drug-likeness (QED) is 0.826. The molecule has 0 amide bonds. The highest BCUT2D eigenvalue weighted by molar-refractivity contribution is 7.92. The average Bonchev–Trinajstić information content (AvgIpc) is 2.49. The van der Waals surface area contributed by atoms with Gasteiger partial charge in [-0.1, -0.05) is 23.2 Å². The van der Waals surface area contributed by atoms with Crippen molar-refractivity contribution in [2.24, 2.45) is 0 Å². The van der Waals surface area contributed by atoms with Crippen molar-refractivity contribution in [2.45, 2.75) is 4.90 Å². The molecule has 0 fully saturated rings. The summed E-state index contributed by atoms with van der Waals surface area (Å²) in [4.78, 5) is 3.62. The molecule has 1 N–H and O–H groups in total. The first-order valence-electron chi connectivity index (χ1n) is 5.93. The fourth-order valence-electron chi connectivity index (χ4n) is 1.66. The Kier molecular flexibility index (Phi) is 5.00. The third-order valence-corrected chi connectivity index (χ3v) is 4.75. The second kappa shape index (κ2) is 6.60. The van der Waals surface area contributed by atoms with E-state index in [0.717, 1.165) is 6.20 Å². The summed E-state index contributed by atoms with van der Waals surface area (Å²) in [6, 6.07) is 5.86. The number of hydrogen-bond acceptors (Lipinski definition) is 5. The largest absolute Gasteiger partial charge is 0.493 e. The molecule has 118 valence electrons. The molecule has 2 aromatic rings. The van der Waals surface area contributed by atoms with Gasteiger partial charge in [0.15, 0.2) is 11.5 Å². The lowest BCUT2D eigenvalue weighted by Crippen LogP contribution is -2.13. The Labute approximate surface area is 138 Å². The van der Waals surface area contributed by atoms with Crippen molar-refractivity contribution in [2.75, 3.05) is 18.9 Å². The van der Waals surface area contributed by atoms with Crippen molar-refractivity contribution in [3.8, 4) is 11.5 Å². The Morgan fingerprint density at radius 3 is 2.36 bits per heavy atom. The van der Waals surface area contributed by atoms with Gasteiger partial charge in [-0.2, -0.15) is 0 Å². The van der Waals surface area contributed by atoms with Gasteiger partial charge in [0.2, 0.25) is 0 Å². The van der Waals surface area contributed by atoms with Gasteiger partial charge in [-0.3, -0.25) is 4.72 Å². The first kappa shape index (κ1) is 16.7. The minimum absolute atomic E-state index is 0.0340. The molecule has 0 atom stereocenters. The van der Waals surface area contributed by atoms with Crippen molar-refractivity contribution in [1.29, 1.82) is 0 Å². The molecule has 2 rings (SSSR count). The molecule has 0 aliphatic heterocycles. The van der Waals surface area contributed by atoms with E-state index in [-0.39, 0.29) is 15.1 Å². The molecule has 1 aromatic carbocycles. The van der Waals surface area contributed by atoms with Crippen molar-refractivity contribution in [3.63, 3.8) is 0 Å². The van der Waals surface area contributed by atoms with Gasteiger partial charge in [0.25, 0.3) is 10.0 Å². The van der Waals surface area contributed by atoms with E-state index < -0.39 is 10.0 Å². The summed E-state index contributed by atoms with van der Waals surface area (Å²) in [5, 5.41) is 0.0867. The molecule has 0 unspecified atom stereocenters. The molecule has 1 aromatic heterocycles. The summed E-state index contributed by atoms with van der Waals surface area (Å²) in [6.45, 7) is 0. The zero-order valence-corrected chi connectivity index (χ0v) is 14.0. The summed E-state index contributed by atoms with van der Waals surface area (Å²) in [5.41, 5.74) is 0.309. The second-order valence-electron chi connectivity index (χ2n) is 4.12. The smallest absolute Gasteiger partial charge is 0.263 e. The molecule has 0 bridgehead atoms. The van der Waals surface area contributed by atoms with Crippen LogP contribution in [0.2, 0.25) is 10.2 Å². The highest BCUT2D eigenvalue weighted by atomic mass is 35.5. The van der Waals surface area contributed by atoms with Crippen LogP contribution in [0, 0.1) is 0 Å². The standard InChI is InChI=1S/C13H12Cl2N2O4S/c1-20-11-4-3-8(5-12(11)21-2)17-22(18,19)9-6-10(14)13(15)16-7-9/h3-7,17H,1-2H3. The molecule has 0 saturated heterocycles. The summed E-state index contributed by atoms with van der Waals surface area (Å²) in [7, 11) is -0.903. The third kappa shape index (κ3) is 3.55. The zero-order valence-electron chi connectivity index (χ0n) is 11.6. The number of methoxy groups -OCH3 is 2. The molecule has 0 radical (unpaired) electrons. The van der Waals surface area contributed by atoms with Crippen LogP contribution in [0.15, 0.2) is 35.4 Å². The third-order valence-electron chi connectivity index (χ3n) is 2.72. The lowest BCUT2D eigenvalue weighted by atomic mass is 10.3. The molecule has 22 heavy (non-hydrogen) atoms. The van der Waals surface area contributed by atoms with Gasteiger partial charge in [-0.05, 0) is 18.2 Å². The van der Waals surface area contributed by atoms with E-state index in [9.17, 15) is 8.42 Å². The van der Waals surface area contributed by atoms with Gasteiger partial charge in [-0.25, -0.2) is 13.4 Å². The predicted octanol–water partition coefficient (Wildman–Crippen LogP) is 3.21. The number of nitrogens with one attached hydrogen (secondary N) is 1. The number of halogens is 2. The fourth-order valence-corrected chi connectivity index (χ4v) is 3.02. The van der Waals surface area contributed by atoms with Gasteiger partial charge in [0.05, 0.1) is 24.9 Å². The Morgan fingerprint density at radius 2 is 1.77 bits per heavy atom. The highest BCUT2D eigenvalue weighted by Gasteiger charge is 2.17. The van der Waals surface area contributed by atoms with Crippen LogP contribution in [0.25, 0.3) is 0 Å². The van der Waals surface area contributed by atoms with Crippen molar-refractivity contribution in [1.82, 2.24) is 4.98 Å². The number of pyridine rings is 1. The monoisotopic (exact) mass is 362 g/mol. The van der Waals surface area contributed by atoms with Gasteiger partial charge in [0, 0.05) is 12.3 Å². The number of sulfonamides is 1. The maximum absolute atomic E-state index is 12.3. The number of rotatable bonds is 5. The Bertz CT molecular complexity index is 797. The lowest BCUT2D eigenvalue weighted by Gasteiger charge is -2.12. The van der Waals surface area contributed by atoms with Gasteiger partial charge < -0.3 is 9.47 Å². The van der Waals surface area contributed by atoms with E-state index in [1.807, 2.05) is 0 Å². The molecule has 1 heterocycles. The number of anilines is 1. The molecular weight excluding hydrogens is 351 g/mol. The van der Waals surface area contributed by atoms with E-state index in [1.54, 1.807) is 12.1 Å². The van der Waals surface area contributed by atoms with E-state index >= 15 is 0 Å². The predicted molar refractivity (Wildman–Crippen MR) is 84.6 cm³/mol. The number of nitrogens with zero attached hydrogens (tertiary/aromatic N) is 1. The molecule has 6 nitrogen and oxygen atoms in total. The Hall–Kier alpha value is -1.70. The lowest BCUT2D eigenvalue weighted by molar-refractivity contribution is 0.355. The zero-order chi connectivity index (χ0) is 16.3. The van der Waals surface area contributed by atoms with Gasteiger partial charge in [-0.15, -0.1) is 0 Å². The first-order valence-corrected chi connectivity index (χ1v) is 8.17. The van der Waals surface area contributed by atoms with Crippen LogP contribution in [0.4, 0.5) is 5.69 Å². The number of benzene rings is 1. The molecule has 0 spiro atoms. The van der Waals surface area contributed by atoms with Gasteiger partial charge in [0.1, 0.15) is 10.0 Å². The van der Waals surface area contributed by atoms with E-state index in [0.29, 0.717) is 17.2 Å². The minimum Gasteiger partial charge on any atom is -0.493 e. The van der Waals surface area contributed by atoms with Crippen LogP contribution in [-0.4, -0.2) is 27.6 Å². The summed E-state index contributed by atoms with van der Waals surface area (Å²) in [5.74, 6) is 0.886. The van der Waals surface area contributed by atoms with Crippen LogP contribution in [0.1, 0.15) is 0 Å². The number of ether oxygens (including phenoxy) is 2. The topological polar surface area (TPSA) is 77.5 Å². The molecule has 9 heteroatoms. The number of aromatic nitrogens is 1. The minimum atomic E-state index is -3.85. The van der Waals surface area contributed by atoms with Crippen LogP contribution in [0.5, 0.6) is 11.5 Å². The van der Waals surface area contributed by atoms with Crippen LogP contribution < -0.4 is 14.2 Å². The average molecular weight is 363 g/mol. The SMILES string of the molecule is COc1ccc(NS(=O)(=O)c2cnc(Cl)c(Cl)c2)cc1OC. The molecule has 0 aliphatic rings. The number of hydrogen-bond donors (Lipinski definition) is 1. The van der Waals surface area contributed by atoms with Crippen molar-refractivity contribution in [3.05, 3.63) is 40.6 Å². The molecule has 0 saturated carbocycles. The normalized spacial score (nSPS) is 11.1. The van der Waals surface area contributed by atoms with E-state index in [4.69, 9.17) is 32.7 Å². The maximum atomic E-state index is 12.3. The molecular formula is C13H12Cl2N2O4S. The molecule has 0 aliphatic carbocycles. The second-order valence-corrected chi connectivity index (χ2v) is 6.57. The summed E-state index contributed by atoms with van der Waals surface area (Å²) < 4.78 is 37.2. The van der Waals surface area contributed by atoms with Gasteiger partial charge >= 0.3 is 0 Å². The first-order chi connectivity index (χ1) is 10.4. The maximum Gasteiger partial charge on any atom is 0.263 e. The van der Waals surface area contributed by atoms with Crippen LogP contribution >= 0.6 is 23.2 Å². The Balaban J connectivity index is 2.34.